The average Bonchev–Trinajstić information content (AvgIpc) is 3.55. The van der Waals surface area contributed by atoms with Gasteiger partial charge in [-0.3, -0.25) is 14.6 Å². The van der Waals surface area contributed by atoms with Gasteiger partial charge in [-0.2, -0.15) is 0 Å². The second-order valence-corrected chi connectivity index (χ2v) is 7.34. The maximum absolute atomic E-state index is 12.3. The zero-order chi connectivity index (χ0) is 21.2. The highest BCUT2D eigenvalue weighted by molar-refractivity contribution is 6.04. The maximum atomic E-state index is 12.3. The number of nitrogens with zero attached hydrogens (tertiary/aromatic N) is 3. The third-order valence-corrected chi connectivity index (χ3v) is 4.89. The highest BCUT2D eigenvalue weighted by Crippen LogP contribution is 2.30. The second-order valence-electron chi connectivity index (χ2n) is 7.34. The van der Waals surface area contributed by atoms with Crippen LogP contribution in [-0.2, 0) is 4.79 Å². The van der Waals surface area contributed by atoms with Gasteiger partial charge in [0, 0.05) is 35.6 Å². The Kier molecular flexibility index (Phi) is 4.80. The van der Waals surface area contributed by atoms with Crippen molar-refractivity contribution in [2.45, 2.75) is 12.8 Å². The van der Waals surface area contributed by atoms with Crippen molar-refractivity contribution >= 4 is 29.0 Å². The number of pyridine rings is 2. The number of ether oxygens (including phenoxy) is 1. The van der Waals surface area contributed by atoms with Crippen LogP contribution in [0.4, 0.5) is 11.5 Å². The SMILES string of the molecule is O=C(Nc1cccc(Oc2ccc3nc(NC(=O)C4CC4)cn3c2)c1)c1ccncc1. The Hall–Kier alpha value is -4.20. The van der Waals surface area contributed by atoms with Crippen molar-refractivity contribution in [2.24, 2.45) is 5.92 Å². The van der Waals surface area contributed by atoms with E-state index in [4.69, 9.17) is 4.74 Å². The lowest BCUT2D eigenvalue weighted by molar-refractivity contribution is -0.117. The highest BCUT2D eigenvalue weighted by Gasteiger charge is 2.30. The summed E-state index contributed by atoms with van der Waals surface area (Å²) >= 11 is 0. The van der Waals surface area contributed by atoms with E-state index in [1.807, 2.05) is 12.1 Å². The summed E-state index contributed by atoms with van der Waals surface area (Å²) in [5, 5.41) is 5.69. The molecule has 1 fully saturated rings. The number of hydrogen-bond donors (Lipinski definition) is 2. The van der Waals surface area contributed by atoms with Crippen LogP contribution in [0.1, 0.15) is 23.2 Å². The predicted octanol–water partition coefficient (Wildman–Crippen LogP) is 4.12. The van der Waals surface area contributed by atoms with Gasteiger partial charge in [-0.05, 0) is 49.2 Å². The van der Waals surface area contributed by atoms with Gasteiger partial charge < -0.3 is 19.8 Å². The van der Waals surface area contributed by atoms with Gasteiger partial charge in [0.05, 0.1) is 12.4 Å². The monoisotopic (exact) mass is 413 g/mol. The maximum Gasteiger partial charge on any atom is 0.255 e. The number of benzene rings is 1. The number of anilines is 2. The van der Waals surface area contributed by atoms with Crippen LogP contribution in [0.5, 0.6) is 11.5 Å². The van der Waals surface area contributed by atoms with Gasteiger partial charge in [-0.25, -0.2) is 4.98 Å². The number of aromatic nitrogens is 3. The van der Waals surface area contributed by atoms with Crippen molar-refractivity contribution in [1.29, 1.82) is 0 Å². The number of carbonyl (C=O) groups is 2. The lowest BCUT2D eigenvalue weighted by Crippen LogP contribution is -2.13. The summed E-state index contributed by atoms with van der Waals surface area (Å²) in [5.74, 6) is 1.62. The Morgan fingerprint density at radius 3 is 2.61 bits per heavy atom. The van der Waals surface area contributed by atoms with Crippen LogP contribution in [0.2, 0.25) is 0 Å². The molecule has 0 saturated heterocycles. The Morgan fingerprint density at radius 1 is 0.968 bits per heavy atom. The smallest absolute Gasteiger partial charge is 0.255 e. The molecule has 154 valence electrons. The summed E-state index contributed by atoms with van der Waals surface area (Å²) in [6.45, 7) is 0. The van der Waals surface area contributed by atoms with Gasteiger partial charge in [-0.1, -0.05) is 6.07 Å². The van der Waals surface area contributed by atoms with Crippen LogP contribution in [0.3, 0.4) is 0 Å². The molecule has 0 spiro atoms. The molecule has 8 nitrogen and oxygen atoms in total. The first-order chi connectivity index (χ1) is 15.1. The van der Waals surface area contributed by atoms with E-state index in [9.17, 15) is 9.59 Å². The molecule has 2 N–H and O–H groups in total. The molecule has 8 heteroatoms. The second kappa shape index (κ2) is 7.91. The number of hydrogen-bond acceptors (Lipinski definition) is 5. The van der Waals surface area contributed by atoms with Crippen molar-refractivity contribution in [1.82, 2.24) is 14.4 Å². The van der Waals surface area contributed by atoms with Gasteiger partial charge in [0.15, 0.2) is 5.82 Å². The molecule has 0 aliphatic heterocycles. The number of imidazole rings is 1. The van der Waals surface area contributed by atoms with E-state index >= 15 is 0 Å². The van der Waals surface area contributed by atoms with Crippen molar-refractivity contribution in [3.05, 3.63) is 78.9 Å². The first-order valence-electron chi connectivity index (χ1n) is 9.93. The van der Waals surface area contributed by atoms with E-state index in [1.54, 1.807) is 65.6 Å². The van der Waals surface area contributed by atoms with E-state index in [0.29, 0.717) is 34.2 Å². The summed E-state index contributed by atoms with van der Waals surface area (Å²) in [5.41, 5.74) is 1.85. The number of carbonyl (C=O) groups excluding carboxylic acids is 2. The molecular formula is C23H19N5O3. The standard InChI is InChI=1S/C23H19N5O3/c29-22(16-8-10-24-11-9-16)25-17-2-1-3-18(12-17)31-19-6-7-21-26-20(14-28(21)13-19)27-23(30)15-4-5-15/h1-3,6-15H,4-5H2,(H,25,29)(H,27,30). The summed E-state index contributed by atoms with van der Waals surface area (Å²) in [7, 11) is 0. The van der Waals surface area contributed by atoms with Gasteiger partial charge in [-0.15, -0.1) is 0 Å². The lowest BCUT2D eigenvalue weighted by atomic mass is 10.2. The molecule has 0 atom stereocenters. The van der Waals surface area contributed by atoms with E-state index in [-0.39, 0.29) is 17.7 Å². The van der Waals surface area contributed by atoms with Crippen LogP contribution >= 0.6 is 0 Å². The number of nitrogens with one attached hydrogen (secondary N) is 2. The zero-order valence-electron chi connectivity index (χ0n) is 16.5. The summed E-state index contributed by atoms with van der Waals surface area (Å²) < 4.78 is 7.75. The molecule has 2 amide bonds. The topological polar surface area (TPSA) is 97.6 Å². The van der Waals surface area contributed by atoms with Crippen LogP contribution < -0.4 is 15.4 Å². The zero-order valence-corrected chi connectivity index (χ0v) is 16.5. The molecule has 0 unspecified atom stereocenters. The fourth-order valence-corrected chi connectivity index (χ4v) is 3.15. The van der Waals surface area contributed by atoms with Crippen LogP contribution in [0.25, 0.3) is 5.65 Å². The third kappa shape index (κ3) is 4.37. The Morgan fingerprint density at radius 2 is 1.81 bits per heavy atom. The van der Waals surface area contributed by atoms with Crippen LogP contribution in [-0.4, -0.2) is 26.2 Å². The van der Waals surface area contributed by atoms with E-state index in [1.165, 1.54) is 0 Å². The Bertz CT molecular complexity index is 1260. The van der Waals surface area contributed by atoms with Crippen LogP contribution in [0, 0.1) is 5.92 Å². The van der Waals surface area contributed by atoms with E-state index in [0.717, 1.165) is 12.8 Å². The fraction of sp³-hybridized carbons (Fsp3) is 0.130. The van der Waals surface area contributed by atoms with E-state index < -0.39 is 0 Å². The largest absolute Gasteiger partial charge is 0.456 e. The molecule has 31 heavy (non-hydrogen) atoms. The normalized spacial score (nSPS) is 13.0. The highest BCUT2D eigenvalue weighted by atomic mass is 16.5. The molecule has 1 saturated carbocycles. The quantitative estimate of drug-likeness (QED) is 0.495. The van der Waals surface area contributed by atoms with Gasteiger partial charge in [0.2, 0.25) is 5.91 Å². The Labute approximate surface area is 177 Å². The first-order valence-corrected chi connectivity index (χ1v) is 9.93. The summed E-state index contributed by atoms with van der Waals surface area (Å²) in [6.07, 6.45) is 8.58. The van der Waals surface area contributed by atoms with Crippen molar-refractivity contribution in [3.63, 3.8) is 0 Å². The molecule has 1 aromatic carbocycles. The molecule has 3 aromatic heterocycles. The first kappa shape index (κ1) is 18.8. The summed E-state index contributed by atoms with van der Waals surface area (Å²) in [6, 6.07) is 14.1. The van der Waals surface area contributed by atoms with Gasteiger partial charge in [0.25, 0.3) is 5.91 Å². The molecule has 0 radical (unpaired) electrons. The molecule has 3 heterocycles. The molecule has 1 aliphatic carbocycles. The summed E-state index contributed by atoms with van der Waals surface area (Å²) in [4.78, 5) is 32.6. The minimum atomic E-state index is -0.222. The fourth-order valence-electron chi connectivity index (χ4n) is 3.15. The molecular weight excluding hydrogens is 394 g/mol. The van der Waals surface area contributed by atoms with Gasteiger partial charge in [0.1, 0.15) is 17.1 Å². The Balaban J connectivity index is 1.29. The van der Waals surface area contributed by atoms with Crippen LogP contribution in [0.15, 0.2) is 73.3 Å². The predicted molar refractivity (Wildman–Crippen MR) is 115 cm³/mol. The van der Waals surface area contributed by atoms with Crippen molar-refractivity contribution in [2.75, 3.05) is 10.6 Å². The molecule has 4 aromatic rings. The minimum Gasteiger partial charge on any atom is -0.456 e. The third-order valence-electron chi connectivity index (χ3n) is 4.89. The lowest BCUT2D eigenvalue weighted by Gasteiger charge is -2.09. The molecule has 0 bridgehead atoms. The number of rotatable bonds is 6. The molecule has 5 rings (SSSR count). The van der Waals surface area contributed by atoms with Crippen molar-refractivity contribution < 1.29 is 14.3 Å². The number of fused-ring (bicyclic) bond motifs is 1. The van der Waals surface area contributed by atoms with Gasteiger partial charge >= 0.3 is 0 Å². The average molecular weight is 413 g/mol. The number of amides is 2. The van der Waals surface area contributed by atoms with E-state index in [2.05, 4.69) is 20.6 Å². The van der Waals surface area contributed by atoms with Crippen molar-refractivity contribution in [3.8, 4) is 11.5 Å². The molecule has 1 aliphatic rings. The minimum absolute atomic E-state index is 0.0190.